The molecular formula is C10H14O3. The Morgan fingerprint density at radius 2 is 2.46 bits per heavy atom. The summed E-state index contributed by atoms with van der Waals surface area (Å²) in [6.45, 7) is 6.38. The van der Waals surface area contributed by atoms with Crippen LogP contribution in [-0.2, 0) is 14.3 Å². The molecule has 0 aromatic carbocycles. The van der Waals surface area contributed by atoms with Crippen LogP contribution >= 0.6 is 0 Å². The Labute approximate surface area is 78.0 Å². The van der Waals surface area contributed by atoms with Gasteiger partial charge in [0.2, 0.25) is 0 Å². The monoisotopic (exact) mass is 182 g/mol. The molecule has 1 rings (SSSR count). The van der Waals surface area contributed by atoms with E-state index in [0.29, 0.717) is 25.2 Å². The Hall–Kier alpha value is -1.09. The molecule has 72 valence electrons. The molecule has 13 heavy (non-hydrogen) atoms. The van der Waals surface area contributed by atoms with Crippen LogP contribution < -0.4 is 0 Å². The lowest BCUT2D eigenvalue weighted by atomic mass is 10.2. The van der Waals surface area contributed by atoms with Crippen LogP contribution in [-0.4, -0.2) is 25.3 Å². The first-order chi connectivity index (χ1) is 6.24. The molecule has 1 atom stereocenters. The van der Waals surface area contributed by atoms with Gasteiger partial charge in [-0.2, -0.15) is 0 Å². The molecular weight excluding hydrogens is 168 g/mol. The summed E-state index contributed by atoms with van der Waals surface area (Å²) in [4.78, 5) is 11.2. The Bertz CT molecular complexity index is 226. The fraction of sp³-hybridized carbons (Fsp3) is 0.500. The first kappa shape index (κ1) is 9.99. The van der Waals surface area contributed by atoms with E-state index < -0.39 is 0 Å². The number of rotatable bonds is 5. The summed E-state index contributed by atoms with van der Waals surface area (Å²) >= 11 is 0. The van der Waals surface area contributed by atoms with Gasteiger partial charge in [-0.15, -0.1) is 6.58 Å². The molecule has 0 saturated carbocycles. The molecule has 0 N–H and O–H groups in total. The summed E-state index contributed by atoms with van der Waals surface area (Å²) in [5.74, 6) is -0.266. The number of ether oxygens (including phenoxy) is 2. The minimum atomic E-state index is -0.266. The normalized spacial score (nSPS) is 21.0. The first-order valence-electron chi connectivity index (χ1n) is 4.30. The fourth-order valence-corrected chi connectivity index (χ4v) is 0.790. The summed E-state index contributed by atoms with van der Waals surface area (Å²) in [5.41, 5.74) is 0.626. The zero-order valence-electron chi connectivity index (χ0n) is 7.79. The number of esters is 1. The average molecular weight is 182 g/mol. The topological polar surface area (TPSA) is 38.8 Å². The molecule has 3 nitrogen and oxygen atoms in total. The van der Waals surface area contributed by atoms with Crippen LogP contribution in [0.4, 0.5) is 0 Å². The van der Waals surface area contributed by atoms with Crippen molar-refractivity contribution in [2.45, 2.75) is 19.4 Å². The Balaban J connectivity index is 2.23. The Morgan fingerprint density at radius 1 is 1.77 bits per heavy atom. The van der Waals surface area contributed by atoms with E-state index in [1.54, 1.807) is 19.1 Å². The summed E-state index contributed by atoms with van der Waals surface area (Å²) < 4.78 is 9.87. The predicted octanol–water partition coefficient (Wildman–Crippen LogP) is 1.45. The van der Waals surface area contributed by atoms with Crippen molar-refractivity contribution in [3.05, 3.63) is 24.3 Å². The smallest absolute Gasteiger partial charge is 0.333 e. The maximum atomic E-state index is 11.2. The van der Waals surface area contributed by atoms with Crippen LogP contribution in [0.2, 0.25) is 0 Å². The first-order valence-corrected chi connectivity index (χ1v) is 4.30. The van der Waals surface area contributed by atoms with Crippen LogP contribution in [0.3, 0.4) is 0 Å². The zero-order chi connectivity index (χ0) is 9.68. The second kappa shape index (κ2) is 4.82. The molecule has 1 fully saturated rings. The van der Waals surface area contributed by atoms with Gasteiger partial charge in [-0.05, 0) is 13.3 Å². The number of hydrogen-bond donors (Lipinski definition) is 0. The summed E-state index contributed by atoms with van der Waals surface area (Å²) in [6, 6.07) is 0. The van der Waals surface area contributed by atoms with Gasteiger partial charge in [-0.3, -0.25) is 0 Å². The Morgan fingerprint density at radius 3 is 3.00 bits per heavy atom. The van der Waals surface area contributed by atoms with Crippen LogP contribution in [0, 0.1) is 0 Å². The van der Waals surface area contributed by atoms with Gasteiger partial charge < -0.3 is 9.47 Å². The predicted molar refractivity (Wildman–Crippen MR) is 49.3 cm³/mol. The minimum absolute atomic E-state index is 0.135. The SMILES string of the molecule is C=CCC=C(C)C(=O)OCC1CO1. The van der Waals surface area contributed by atoms with E-state index in [0.717, 1.165) is 0 Å². The van der Waals surface area contributed by atoms with Crippen molar-refractivity contribution in [2.75, 3.05) is 13.2 Å². The van der Waals surface area contributed by atoms with Crippen molar-refractivity contribution in [1.29, 1.82) is 0 Å². The highest BCUT2D eigenvalue weighted by molar-refractivity contribution is 5.87. The number of allylic oxidation sites excluding steroid dienone is 2. The maximum Gasteiger partial charge on any atom is 0.333 e. The van der Waals surface area contributed by atoms with Gasteiger partial charge >= 0.3 is 5.97 Å². The number of epoxide rings is 1. The molecule has 0 amide bonds. The molecule has 0 radical (unpaired) electrons. The van der Waals surface area contributed by atoms with Crippen LogP contribution in [0.5, 0.6) is 0 Å². The van der Waals surface area contributed by atoms with E-state index in [1.807, 2.05) is 0 Å². The number of carbonyl (C=O) groups excluding carboxylic acids is 1. The van der Waals surface area contributed by atoms with Gasteiger partial charge in [-0.1, -0.05) is 12.2 Å². The molecule has 1 unspecified atom stereocenters. The lowest BCUT2D eigenvalue weighted by Gasteiger charge is -2.01. The summed E-state index contributed by atoms with van der Waals surface area (Å²) in [7, 11) is 0. The van der Waals surface area contributed by atoms with Crippen LogP contribution in [0.1, 0.15) is 13.3 Å². The Kier molecular flexibility index (Phi) is 3.71. The van der Waals surface area contributed by atoms with Crippen molar-refractivity contribution in [1.82, 2.24) is 0 Å². The number of carbonyl (C=O) groups is 1. The molecule has 0 bridgehead atoms. The molecule has 0 aromatic heterocycles. The summed E-state index contributed by atoms with van der Waals surface area (Å²) in [5, 5.41) is 0. The lowest BCUT2D eigenvalue weighted by molar-refractivity contribution is -0.139. The van der Waals surface area contributed by atoms with E-state index >= 15 is 0 Å². The molecule has 0 spiro atoms. The average Bonchev–Trinajstić information content (AvgIpc) is 2.93. The fourth-order valence-electron chi connectivity index (χ4n) is 0.790. The molecule has 0 aromatic rings. The van der Waals surface area contributed by atoms with Crippen molar-refractivity contribution in [3.63, 3.8) is 0 Å². The van der Waals surface area contributed by atoms with E-state index in [9.17, 15) is 4.79 Å². The standard InChI is InChI=1S/C10H14O3/c1-3-4-5-8(2)10(11)13-7-9-6-12-9/h3,5,9H,1,4,6-7H2,2H3. The molecule has 1 heterocycles. The van der Waals surface area contributed by atoms with Crippen LogP contribution in [0.15, 0.2) is 24.3 Å². The lowest BCUT2D eigenvalue weighted by Crippen LogP contribution is -2.10. The second-order valence-corrected chi connectivity index (χ2v) is 2.97. The minimum Gasteiger partial charge on any atom is -0.459 e. The molecule has 1 aliphatic heterocycles. The highest BCUT2D eigenvalue weighted by Gasteiger charge is 2.24. The third kappa shape index (κ3) is 3.90. The van der Waals surface area contributed by atoms with E-state index in [2.05, 4.69) is 6.58 Å². The van der Waals surface area contributed by atoms with Crippen molar-refractivity contribution in [3.8, 4) is 0 Å². The van der Waals surface area contributed by atoms with E-state index in [-0.39, 0.29) is 12.1 Å². The number of hydrogen-bond acceptors (Lipinski definition) is 3. The van der Waals surface area contributed by atoms with Crippen LogP contribution in [0.25, 0.3) is 0 Å². The van der Waals surface area contributed by atoms with Crippen molar-refractivity contribution in [2.24, 2.45) is 0 Å². The highest BCUT2D eigenvalue weighted by Crippen LogP contribution is 2.10. The van der Waals surface area contributed by atoms with E-state index in [1.165, 1.54) is 0 Å². The largest absolute Gasteiger partial charge is 0.459 e. The quantitative estimate of drug-likeness (QED) is 0.279. The van der Waals surface area contributed by atoms with Gasteiger partial charge in [0.05, 0.1) is 6.61 Å². The summed E-state index contributed by atoms with van der Waals surface area (Å²) in [6.07, 6.45) is 4.36. The van der Waals surface area contributed by atoms with Gasteiger partial charge in [0.1, 0.15) is 12.7 Å². The zero-order valence-corrected chi connectivity index (χ0v) is 7.79. The van der Waals surface area contributed by atoms with Gasteiger partial charge in [-0.25, -0.2) is 4.79 Å². The molecule has 0 aliphatic carbocycles. The highest BCUT2D eigenvalue weighted by atomic mass is 16.6. The third-order valence-electron chi connectivity index (χ3n) is 1.72. The third-order valence-corrected chi connectivity index (χ3v) is 1.72. The van der Waals surface area contributed by atoms with Crippen molar-refractivity contribution >= 4 is 5.97 Å². The van der Waals surface area contributed by atoms with Crippen molar-refractivity contribution < 1.29 is 14.3 Å². The van der Waals surface area contributed by atoms with E-state index in [4.69, 9.17) is 9.47 Å². The second-order valence-electron chi connectivity index (χ2n) is 2.97. The maximum absolute atomic E-state index is 11.2. The van der Waals surface area contributed by atoms with Gasteiger partial charge in [0.25, 0.3) is 0 Å². The molecule has 1 aliphatic rings. The molecule has 3 heteroatoms. The van der Waals surface area contributed by atoms with Gasteiger partial charge in [0.15, 0.2) is 0 Å². The molecule has 1 saturated heterocycles. The van der Waals surface area contributed by atoms with Gasteiger partial charge in [0, 0.05) is 5.57 Å².